The second kappa shape index (κ2) is 6.42. The van der Waals surface area contributed by atoms with Gasteiger partial charge in [0.2, 0.25) is 0 Å². The van der Waals surface area contributed by atoms with Gasteiger partial charge in [-0.1, -0.05) is 0 Å². The maximum atomic E-state index is 12.1. The molecular weight excluding hydrogens is 234 g/mol. The highest BCUT2D eigenvalue weighted by molar-refractivity contribution is 5.92. The largest absolute Gasteiger partial charge is 0.382 e. The summed E-state index contributed by atoms with van der Waals surface area (Å²) in [5, 5.41) is 0. The van der Waals surface area contributed by atoms with E-state index in [4.69, 9.17) is 9.47 Å². The Morgan fingerprint density at radius 1 is 1.50 bits per heavy atom. The Morgan fingerprint density at radius 3 is 3.11 bits per heavy atom. The minimum atomic E-state index is -0.0825. The third-order valence-corrected chi connectivity index (χ3v) is 2.86. The second-order valence-electron chi connectivity index (χ2n) is 4.12. The number of likely N-dealkylation sites (tertiary alicyclic amines) is 1. The van der Waals surface area contributed by atoms with Gasteiger partial charge in [-0.15, -0.1) is 0 Å². The van der Waals surface area contributed by atoms with E-state index >= 15 is 0 Å². The predicted octanol–water partition coefficient (Wildman–Crippen LogP) is 0.354. The van der Waals surface area contributed by atoms with E-state index in [0.29, 0.717) is 32.0 Å². The molecule has 1 unspecified atom stereocenters. The number of hydrogen-bond donors (Lipinski definition) is 0. The molecule has 0 aromatic carbocycles. The maximum absolute atomic E-state index is 12.1. The van der Waals surface area contributed by atoms with Crippen LogP contribution < -0.4 is 0 Å². The van der Waals surface area contributed by atoms with Gasteiger partial charge in [-0.3, -0.25) is 9.78 Å². The average molecular weight is 251 g/mol. The quantitative estimate of drug-likeness (QED) is 0.707. The Labute approximate surface area is 106 Å². The lowest BCUT2D eigenvalue weighted by molar-refractivity contribution is 0.0218. The van der Waals surface area contributed by atoms with Crippen molar-refractivity contribution in [2.24, 2.45) is 0 Å². The molecule has 0 N–H and O–H groups in total. The minimum Gasteiger partial charge on any atom is -0.382 e. The smallest absolute Gasteiger partial charge is 0.274 e. The van der Waals surface area contributed by atoms with Gasteiger partial charge in [-0.05, 0) is 6.42 Å². The van der Waals surface area contributed by atoms with Crippen molar-refractivity contribution in [3.63, 3.8) is 0 Å². The minimum absolute atomic E-state index is 0.0825. The Morgan fingerprint density at radius 2 is 2.39 bits per heavy atom. The summed E-state index contributed by atoms with van der Waals surface area (Å²) in [7, 11) is 1.64. The third-order valence-electron chi connectivity index (χ3n) is 2.86. The Kier molecular flexibility index (Phi) is 4.60. The van der Waals surface area contributed by atoms with Crippen molar-refractivity contribution in [1.29, 1.82) is 0 Å². The zero-order valence-corrected chi connectivity index (χ0v) is 10.4. The summed E-state index contributed by atoms with van der Waals surface area (Å²) in [6.45, 7) is 2.45. The van der Waals surface area contributed by atoms with Gasteiger partial charge in [0.15, 0.2) is 0 Å². The van der Waals surface area contributed by atoms with Crippen LogP contribution in [0.2, 0.25) is 0 Å². The van der Waals surface area contributed by atoms with Gasteiger partial charge in [-0.25, -0.2) is 4.98 Å². The number of ether oxygens (including phenoxy) is 2. The first kappa shape index (κ1) is 12.9. The molecule has 2 rings (SSSR count). The number of rotatable bonds is 5. The van der Waals surface area contributed by atoms with Crippen LogP contribution >= 0.6 is 0 Å². The van der Waals surface area contributed by atoms with Gasteiger partial charge in [0.05, 0.1) is 25.5 Å². The molecule has 6 nitrogen and oxygen atoms in total. The highest BCUT2D eigenvalue weighted by Crippen LogP contribution is 2.14. The van der Waals surface area contributed by atoms with Crippen LogP contribution in [0.25, 0.3) is 0 Å². The molecule has 18 heavy (non-hydrogen) atoms. The molecule has 1 aliphatic heterocycles. The molecule has 1 atom stereocenters. The summed E-state index contributed by atoms with van der Waals surface area (Å²) in [5.41, 5.74) is 0.384. The van der Waals surface area contributed by atoms with E-state index in [1.165, 1.54) is 12.4 Å². The molecule has 0 spiro atoms. The van der Waals surface area contributed by atoms with Crippen molar-refractivity contribution in [2.75, 3.05) is 33.4 Å². The summed E-state index contributed by atoms with van der Waals surface area (Å²) < 4.78 is 10.5. The lowest BCUT2D eigenvalue weighted by atomic mass is 10.3. The molecular formula is C12H17N3O3. The number of carbonyl (C=O) groups is 1. The highest BCUT2D eigenvalue weighted by atomic mass is 16.5. The zero-order valence-electron chi connectivity index (χ0n) is 10.4. The number of carbonyl (C=O) groups excluding carboxylic acids is 1. The molecule has 0 saturated carbocycles. The molecule has 1 fully saturated rings. The van der Waals surface area contributed by atoms with E-state index in [9.17, 15) is 4.79 Å². The standard InChI is InChI=1S/C12H17N3O3/c1-17-6-7-18-10-2-5-15(9-10)12(16)11-8-13-3-4-14-11/h3-4,8,10H,2,5-7,9H2,1H3. The fraction of sp³-hybridized carbons (Fsp3) is 0.583. The number of nitrogens with zero attached hydrogens (tertiary/aromatic N) is 3. The summed E-state index contributed by atoms with van der Waals surface area (Å²) in [6, 6.07) is 0. The van der Waals surface area contributed by atoms with Crippen LogP contribution in [0.3, 0.4) is 0 Å². The van der Waals surface area contributed by atoms with E-state index in [1.807, 2.05) is 0 Å². The van der Waals surface area contributed by atoms with Gasteiger partial charge in [0, 0.05) is 32.6 Å². The van der Waals surface area contributed by atoms with Gasteiger partial charge >= 0.3 is 0 Å². The van der Waals surface area contributed by atoms with Crippen LogP contribution in [-0.4, -0.2) is 60.3 Å². The molecule has 0 radical (unpaired) electrons. The molecule has 1 aromatic heterocycles. The van der Waals surface area contributed by atoms with Crippen LogP contribution in [0.5, 0.6) is 0 Å². The van der Waals surface area contributed by atoms with Crippen LogP contribution in [0.15, 0.2) is 18.6 Å². The summed E-state index contributed by atoms with van der Waals surface area (Å²) in [6.07, 6.45) is 5.52. The first-order valence-electron chi connectivity index (χ1n) is 5.97. The number of aromatic nitrogens is 2. The Hall–Kier alpha value is -1.53. The fourth-order valence-electron chi connectivity index (χ4n) is 1.92. The molecule has 1 amide bonds. The van der Waals surface area contributed by atoms with Gasteiger partial charge in [-0.2, -0.15) is 0 Å². The fourth-order valence-corrected chi connectivity index (χ4v) is 1.92. The van der Waals surface area contributed by atoms with Crippen molar-refractivity contribution in [2.45, 2.75) is 12.5 Å². The molecule has 6 heteroatoms. The lowest BCUT2D eigenvalue weighted by Crippen LogP contribution is -2.31. The molecule has 1 saturated heterocycles. The number of hydrogen-bond acceptors (Lipinski definition) is 5. The lowest BCUT2D eigenvalue weighted by Gasteiger charge is -2.15. The molecule has 1 aliphatic rings. The van der Waals surface area contributed by atoms with Crippen LogP contribution in [0.4, 0.5) is 0 Å². The SMILES string of the molecule is COCCOC1CCN(C(=O)c2cnccn2)C1. The van der Waals surface area contributed by atoms with Gasteiger partial charge in [0.1, 0.15) is 5.69 Å². The summed E-state index contributed by atoms with van der Waals surface area (Å²) in [5.74, 6) is -0.0825. The monoisotopic (exact) mass is 251 g/mol. The number of methoxy groups -OCH3 is 1. The van der Waals surface area contributed by atoms with E-state index in [-0.39, 0.29) is 12.0 Å². The van der Waals surface area contributed by atoms with Crippen LogP contribution in [0, 0.1) is 0 Å². The van der Waals surface area contributed by atoms with Gasteiger partial charge < -0.3 is 14.4 Å². The van der Waals surface area contributed by atoms with E-state index in [1.54, 1.807) is 18.2 Å². The summed E-state index contributed by atoms with van der Waals surface area (Å²) >= 11 is 0. The van der Waals surface area contributed by atoms with Crippen LogP contribution in [0.1, 0.15) is 16.9 Å². The third kappa shape index (κ3) is 3.24. The molecule has 98 valence electrons. The normalized spacial score (nSPS) is 19.2. The van der Waals surface area contributed by atoms with E-state index in [2.05, 4.69) is 9.97 Å². The van der Waals surface area contributed by atoms with Crippen LogP contribution in [-0.2, 0) is 9.47 Å². The Bertz CT molecular complexity index is 385. The van der Waals surface area contributed by atoms with Crippen molar-refractivity contribution in [3.8, 4) is 0 Å². The second-order valence-corrected chi connectivity index (χ2v) is 4.12. The molecule has 2 heterocycles. The molecule has 0 aliphatic carbocycles. The zero-order chi connectivity index (χ0) is 12.8. The van der Waals surface area contributed by atoms with Crippen molar-refractivity contribution in [3.05, 3.63) is 24.3 Å². The maximum Gasteiger partial charge on any atom is 0.274 e. The van der Waals surface area contributed by atoms with E-state index < -0.39 is 0 Å². The van der Waals surface area contributed by atoms with Crippen molar-refractivity contribution >= 4 is 5.91 Å². The first-order chi connectivity index (χ1) is 8.81. The summed E-state index contributed by atoms with van der Waals surface area (Å²) in [4.78, 5) is 21.7. The molecule has 1 aromatic rings. The van der Waals surface area contributed by atoms with Crippen molar-refractivity contribution in [1.82, 2.24) is 14.9 Å². The van der Waals surface area contributed by atoms with E-state index in [0.717, 1.165) is 6.42 Å². The predicted molar refractivity (Wildman–Crippen MR) is 64.2 cm³/mol. The highest BCUT2D eigenvalue weighted by Gasteiger charge is 2.27. The molecule has 0 bridgehead atoms. The Balaban J connectivity index is 1.83. The first-order valence-corrected chi connectivity index (χ1v) is 5.97. The number of amides is 1. The topological polar surface area (TPSA) is 64.6 Å². The van der Waals surface area contributed by atoms with Crippen molar-refractivity contribution < 1.29 is 14.3 Å². The van der Waals surface area contributed by atoms with Gasteiger partial charge in [0.25, 0.3) is 5.91 Å². The average Bonchev–Trinajstić information content (AvgIpc) is 2.88.